The molecule has 146 valence electrons. The number of halogens is 1. The van der Waals surface area contributed by atoms with E-state index in [9.17, 15) is 4.79 Å². The number of benzene rings is 2. The molecule has 2 aromatic carbocycles. The van der Waals surface area contributed by atoms with Gasteiger partial charge in [0.2, 0.25) is 11.7 Å². The Morgan fingerprint density at radius 2 is 1.82 bits per heavy atom. The Kier molecular flexibility index (Phi) is 6.49. The van der Waals surface area contributed by atoms with Gasteiger partial charge in [-0.15, -0.1) is 0 Å². The van der Waals surface area contributed by atoms with Crippen molar-refractivity contribution in [1.29, 1.82) is 0 Å². The Morgan fingerprint density at radius 3 is 2.46 bits per heavy atom. The molecule has 0 aliphatic rings. The van der Waals surface area contributed by atoms with Crippen LogP contribution in [0.15, 0.2) is 53.1 Å². The zero-order valence-corrected chi connectivity index (χ0v) is 16.3. The zero-order chi connectivity index (χ0) is 19.9. The minimum absolute atomic E-state index is 0.113. The molecule has 0 bridgehead atoms. The Morgan fingerprint density at radius 1 is 1.14 bits per heavy atom. The normalized spacial score (nSPS) is 11.7. The van der Waals surface area contributed by atoms with Crippen LogP contribution in [0.25, 0.3) is 11.4 Å². The van der Waals surface area contributed by atoms with E-state index < -0.39 is 6.10 Å². The summed E-state index contributed by atoms with van der Waals surface area (Å²) in [5.74, 6) is 1.79. The highest BCUT2D eigenvalue weighted by atomic mass is 35.5. The summed E-state index contributed by atoms with van der Waals surface area (Å²) in [6.45, 7) is 1.99. The largest absolute Gasteiger partial charge is 0.497 e. The van der Waals surface area contributed by atoms with Gasteiger partial charge in [0.05, 0.1) is 13.7 Å². The molecule has 0 unspecified atom stereocenters. The molecule has 0 saturated carbocycles. The molecule has 7 nitrogen and oxygen atoms in total. The van der Waals surface area contributed by atoms with Crippen molar-refractivity contribution in [3.05, 3.63) is 59.4 Å². The molecule has 8 heteroatoms. The lowest BCUT2D eigenvalue weighted by atomic mass is 10.2. The zero-order valence-electron chi connectivity index (χ0n) is 15.5. The van der Waals surface area contributed by atoms with Crippen LogP contribution < -0.4 is 14.8 Å². The van der Waals surface area contributed by atoms with E-state index in [2.05, 4.69) is 15.5 Å². The van der Waals surface area contributed by atoms with Gasteiger partial charge in [0.15, 0.2) is 6.10 Å². The highest BCUT2D eigenvalue weighted by Gasteiger charge is 2.19. The van der Waals surface area contributed by atoms with Crippen LogP contribution in [0.1, 0.15) is 19.2 Å². The first kappa shape index (κ1) is 19.7. The van der Waals surface area contributed by atoms with Crippen LogP contribution in [0.3, 0.4) is 0 Å². The SMILES string of the molecule is CC[C@H](Oc1ccc(OC)cc1)C(=O)NCc1nc(-c2ccc(Cl)cc2)no1. The summed E-state index contributed by atoms with van der Waals surface area (Å²) in [4.78, 5) is 16.7. The lowest BCUT2D eigenvalue weighted by Crippen LogP contribution is -2.37. The van der Waals surface area contributed by atoms with Gasteiger partial charge < -0.3 is 19.3 Å². The number of aromatic nitrogens is 2. The topological polar surface area (TPSA) is 86.5 Å². The number of amides is 1. The lowest BCUT2D eigenvalue weighted by molar-refractivity contribution is -0.128. The van der Waals surface area contributed by atoms with Gasteiger partial charge in [-0.3, -0.25) is 4.79 Å². The second kappa shape index (κ2) is 9.23. The van der Waals surface area contributed by atoms with Crippen LogP contribution in [-0.4, -0.2) is 29.3 Å². The summed E-state index contributed by atoms with van der Waals surface area (Å²) >= 11 is 5.88. The molecule has 3 aromatic rings. The first-order valence-corrected chi connectivity index (χ1v) is 9.13. The van der Waals surface area contributed by atoms with Crippen molar-refractivity contribution in [3.8, 4) is 22.9 Å². The average Bonchev–Trinajstić information content (AvgIpc) is 3.20. The second-order valence-corrected chi connectivity index (χ2v) is 6.36. The molecular weight excluding hydrogens is 382 g/mol. The number of nitrogens with zero attached hydrogens (tertiary/aromatic N) is 2. The van der Waals surface area contributed by atoms with Gasteiger partial charge in [0.1, 0.15) is 11.5 Å². The maximum absolute atomic E-state index is 12.4. The smallest absolute Gasteiger partial charge is 0.261 e. The van der Waals surface area contributed by atoms with Gasteiger partial charge in [-0.05, 0) is 55.0 Å². The number of methoxy groups -OCH3 is 1. The first-order valence-electron chi connectivity index (χ1n) is 8.76. The summed E-state index contributed by atoms with van der Waals surface area (Å²) in [5, 5.41) is 7.31. The molecule has 0 fully saturated rings. The highest BCUT2D eigenvalue weighted by molar-refractivity contribution is 6.30. The Bertz CT molecular complexity index is 910. The molecule has 0 aliphatic heterocycles. The lowest BCUT2D eigenvalue weighted by Gasteiger charge is -2.16. The van der Waals surface area contributed by atoms with Crippen LogP contribution in [0.5, 0.6) is 11.5 Å². The number of hydrogen-bond donors (Lipinski definition) is 1. The molecule has 3 rings (SSSR count). The quantitative estimate of drug-likeness (QED) is 0.616. The maximum atomic E-state index is 12.4. The number of carbonyl (C=O) groups excluding carboxylic acids is 1. The number of ether oxygens (including phenoxy) is 2. The number of carbonyl (C=O) groups is 1. The van der Waals surface area contributed by atoms with E-state index in [1.807, 2.05) is 6.92 Å². The molecule has 0 radical (unpaired) electrons. The maximum Gasteiger partial charge on any atom is 0.261 e. The van der Waals surface area contributed by atoms with Crippen molar-refractivity contribution in [1.82, 2.24) is 15.5 Å². The van der Waals surface area contributed by atoms with Gasteiger partial charge in [-0.2, -0.15) is 4.98 Å². The molecule has 0 saturated heterocycles. The van der Waals surface area contributed by atoms with Crippen molar-refractivity contribution < 1.29 is 18.8 Å². The predicted octanol–water partition coefficient (Wildman–Crippen LogP) is 3.87. The molecule has 1 aromatic heterocycles. The first-order chi connectivity index (χ1) is 13.6. The summed E-state index contributed by atoms with van der Waals surface area (Å²) in [5.41, 5.74) is 0.778. The Hall–Kier alpha value is -3.06. The van der Waals surface area contributed by atoms with Crippen LogP contribution in [0, 0.1) is 0 Å². The van der Waals surface area contributed by atoms with E-state index >= 15 is 0 Å². The molecule has 28 heavy (non-hydrogen) atoms. The third kappa shape index (κ3) is 5.01. The summed E-state index contributed by atoms with van der Waals surface area (Å²) in [7, 11) is 1.59. The fourth-order valence-electron chi connectivity index (χ4n) is 2.46. The molecule has 1 amide bonds. The van der Waals surface area contributed by atoms with E-state index in [-0.39, 0.29) is 12.5 Å². The number of rotatable bonds is 8. The van der Waals surface area contributed by atoms with Crippen molar-refractivity contribution in [2.24, 2.45) is 0 Å². The number of nitrogens with one attached hydrogen (secondary N) is 1. The molecule has 1 heterocycles. The van der Waals surface area contributed by atoms with Crippen molar-refractivity contribution in [3.63, 3.8) is 0 Å². The van der Waals surface area contributed by atoms with Gasteiger partial charge >= 0.3 is 0 Å². The summed E-state index contributed by atoms with van der Waals surface area (Å²) in [6.07, 6.45) is -0.121. The molecular formula is C20H20ClN3O4. The molecule has 0 aliphatic carbocycles. The van der Waals surface area contributed by atoms with E-state index in [1.165, 1.54) is 0 Å². The molecule has 1 atom stereocenters. The van der Waals surface area contributed by atoms with Crippen LogP contribution >= 0.6 is 11.6 Å². The third-order valence-electron chi connectivity index (χ3n) is 3.99. The van der Waals surface area contributed by atoms with Crippen molar-refractivity contribution in [2.75, 3.05) is 7.11 Å². The predicted molar refractivity (Wildman–Crippen MR) is 104 cm³/mol. The van der Waals surface area contributed by atoms with E-state index in [0.717, 1.165) is 11.3 Å². The van der Waals surface area contributed by atoms with E-state index in [1.54, 1.807) is 55.6 Å². The van der Waals surface area contributed by atoms with Crippen molar-refractivity contribution in [2.45, 2.75) is 26.0 Å². The van der Waals surface area contributed by atoms with Gasteiger partial charge in [0, 0.05) is 10.6 Å². The van der Waals surface area contributed by atoms with Crippen LogP contribution in [0.4, 0.5) is 0 Å². The average molecular weight is 402 g/mol. The summed E-state index contributed by atoms with van der Waals surface area (Å²) in [6, 6.07) is 14.1. The Balaban J connectivity index is 1.56. The van der Waals surface area contributed by atoms with E-state index in [0.29, 0.717) is 28.9 Å². The minimum atomic E-state index is -0.632. The molecule has 1 N–H and O–H groups in total. The van der Waals surface area contributed by atoms with Crippen LogP contribution in [-0.2, 0) is 11.3 Å². The van der Waals surface area contributed by atoms with Gasteiger partial charge in [-0.1, -0.05) is 23.7 Å². The highest BCUT2D eigenvalue weighted by Crippen LogP contribution is 2.20. The second-order valence-electron chi connectivity index (χ2n) is 5.93. The minimum Gasteiger partial charge on any atom is -0.497 e. The van der Waals surface area contributed by atoms with Crippen LogP contribution in [0.2, 0.25) is 5.02 Å². The third-order valence-corrected chi connectivity index (χ3v) is 4.24. The van der Waals surface area contributed by atoms with E-state index in [4.69, 9.17) is 25.6 Å². The number of hydrogen-bond acceptors (Lipinski definition) is 6. The standard InChI is InChI=1S/C20H20ClN3O4/c1-3-17(27-16-10-8-15(26-2)9-11-16)20(25)22-12-18-23-19(24-28-18)13-4-6-14(21)7-5-13/h4-11,17H,3,12H2,1-2H3,(H,22,25)/t17-/m0/s1. The molecule has 0 spiro atoms. The fourth-order valence-corrected chi connectivity index (χ4v) is 2.59. The monoisotopic (exact) mass is 401 g/mol. The van der Waals surface area contributed by atoms with Crippen molar-refractivity contribution >= 4 is 17.5 Å². The Labute approximate surface area is 167 Å². The fraction of sp³-hybridized carbons (Fsp3) is 0.250. The van der Waals surface area contributed by atoms with Gasteiger partial charge in [-0.25, -0.2) is 0 Å². The summed E-state index contributed by atoms with van der Waals surface area (Å²) < 4.78 is 16.1. The van der Waals surface area contributed by atoms with Gasteiger partial charge in [0.25, 0.3) is 5.91 Å².